The van der Waals surface area contributed by atoms with Crippen LogP contribution >= 0.6 is 23.2 Å². The zero-order valence-corrected chi connectivity index (χ0v) is 13.7. The Morgan fingerprint density at radius 3 is 2.83 bits per heavy atom. The van der Waals surface area contributed by atoms with Crippen LogP contribution in [0.25, 0.3) is 0 Å². The van der Waals surface area contributed by atoms with Gasteiger partial charge in [-0.15, -0.1) is 0 Å². The van der Waals surface area contributed by atoms with Gasteiger partial charge in [-0.05, 0) is 30.0 Å². The van der Waals surface area contributed by atoms with Gasteiger partial charge in [0.05, 0.1) is 7.11 Å². The molecular formula is C15H14Cl2N4O2. The van der Waals surface area contributed by atoms with Crippen molar-refractivity contribution in [3.63, 3.8) is 0 Å². The van der Waals surface area contributed by atoms with Gasteiger partial charge in [-0.2, -0.15) is 0 Å². The van der Waals surface area contributed by atoms with E-state index in [1.807, 2.05) is 6.07 Å². The Balaban J connectivity index is 1.60. The summed E-state index contributed by atoms with van der Waals surface area (Å²) in [5.74, 6) is 0.494. The Morgan fingerprint density at radius 1 is 1.30 bits per heavy atom. The Hall–Kier alpha value is -2.05. The topological polar surface area (TPSA) is 76.1 Å². The third-order valence-electron chi connectivity index (χ3n) is 3.65. The number of nitrogens with one attached hydrogen (secondary N) is 2. The van der Waals surface area contributed by atoms with Gasteiger partial charge in [-0.25, -0.2) is 9.97 Å². The summed E-state index contributed by atoms with van der Waals surface area (Å²) in [5, 5.41) is 1.16. The van der Waals surface area contributed by atoms with Gasteiger partial charge in [0.15, 0.2) is 0 Å². The van der Waals surface area contributed by atoms with E-state index in [4.69, 9.17) is 27.9 Å². The van der Waals surface area contributed by atoms with Crippen molar-refractivity contribution in [1.82, 2.24) is 15.4 Å². The highest BCUT2D eigenvalue weighted by molar-refractivity contribution is 6.35. The lowest BCUT2D eigenvalue weighted by atomic mass is 10.1. The molecule has 23 heavy (non-hydrogen) atoms. The quantitative estimate of drug-likeness (QED) is 0.808. The minimum Gasteiger partial charge on any atom is -0.478 e. The van der Waals surface area contributed by atoms with E-state index in [0.29, 0.717) is 21.7 Å². The summed E-state index contributed by atoms with van der Waals surface area (Å²) >= 11 is 12.1. The van der Waals surface area contributed by atoms with Crippen molar-refractivity contribution in [2.24, 2.45) is 5.92 Å². The summed E-state index contributed by atoms with van der Waals surface area (Å²) in [4.78, 5) is 20.3. The number of aromatic nitrogens is 2. The zero-order chi connectivity index (χ0) is 16.4. The van der Waals surface area contributed by atoms with Crippen LogP contribution in [0.3, 0.4) is 0 Å². The van der Waals surface area contributed by atoms with Crippen molar-refractivity contribution < 1.29 is 9.53 Å². The minimum atomic E-state index is -0.135. The van der Waals surface area contributed by atoms with Crippen LogP contribution in [-0.2, 0) is 4.79 Å². The number of hydrazine groups is 1. The molecule has 2 N–H and O–H groups in total. The van der Waals surface area contributed by atoms with E-state index in [-0.39, 0.29) is 17.7 Å². The average molecular weight is 353 g/mol. The zero-order valence-electron chi connectivity index (χ0n) is 12.2. The monoisotopic (exact) mass is 352 g/mol. The number of hydrogen-bond acceptors (Lipinski definition) is 5. The van der Waals surface area contributed by atoms with Gasteiger partial charge in [-0.1, -0.05) is 29.3 Å². The van der Waals surface area contributed by atoms with Crippen LogP contribution in [-0.4, -0.2) is 23.0 Å². The summed E-state index contributed by atoms with van der Waals surface area (Å²) < 4.78 is 5.05. The molecule has 0 saturated heterocycles. The van der Waals surface area contributed by atoms with E-state index in [9.17, 15) is 4.79 Å². The summed E-state index contributed by atoms with van der Waals surface area (Å²) in [6.07, 6.45) is 3.75. The van der Waals surface area contributed by atoms with Crippen LogP contribution in [0.1, 0.15) is 17.9 Å². The number of hydrogen-bond donors (Lipinski definition) is 2. The molecule has 1 heterocycles. The highest BCUT2D eigenvalue weighted by atomic mass is 35.5. The van der Waals surface area contributed by atoms with Crippen molar-refractivity contribution in [3.8, 4) is 5.88 Å². The van der Waals surface area contributed by atoms with Crippen molar-refractivity contribution in [3.05, 3.63) is 46.2 Å². The minimum absolute atomic E-state index is 0.102. The second-order valence-corrected chi connectivity index (χ2v) is 5.99. The lowest BCUT2D eigenvalue weighted by Crippen LogP contribution is -2.31. The molecule has 8 heteroatoms. The highest BCUT2D eigenvalue weighted by Crippen LogP contribution is 2.50. The van der Waals surface area contributed by atoms with Gasteiger partial charge in [0.1, 0.15) is 0 Å². The Kier molecular flexibility index (Phi) is 4.54. The lowest BCUT2D eigenvalue weighted by molar-refractivity contribution is -0.121. The molecular weight excluding hydrogens is 339 g/mol. The Morgan fingerprint density at radius 2 is 2.09 bits per heavy atom. The molecule has 120 valence electrons. The van der Waals surface area contributed by atoms with Crippen LogP contribution in [0, 0.1) is 5.92 Å². The summed E-state index contributed by atoms with van der Waals surface area (Å²) in [5.41, 5.74) is 6.29. The maximum Gasteiger partial charge on any atom is 0.258 e. The third kappa shape index (κ3) is 3.48. The molecule has 6 nitrogen and oxygen atoms in total. The van der Waals surface area contributed by atoms with Gasteiger partial charge < -0.3 is 4.74 Å². The van der Waals surface area contributed by atoms with Crippen LogP contribution in [0.4, 0.5) is 5.82 Å². The maximum atomic E-state index is 12.2. The van der Waals surface area contributed by atoms with Gasteiger partial charge in [0.2, 0.25) is 11.7 Å². The SMILES string of the molecule is COc1nccnc1NNC(=O)[C@@H]1C[C@H]1c1ccc(Cl)cc1Cl. The second-order valence-electron chi connectivity index (χ2n) is 5.14. The van der Waals surface area contributed by atoms with E-state index in [2.05, 4.69) is 20.8 Å². The van der Waals surface area contributed by atoms with Crippen LogP contribution in [0.15, 0.2) is 30.6 Å². The standard InChI is InChI=1S/C15H14Cl2N4O2/c1-23-15-13(18-4-5-19-15)20-21-14(22)11-7-10(11)9-3-2-8(16)6-12(9)17/h2-6,10-11H,7H2,1H3,(H,18,20)(H,21,22)/t10-,11+/m0/s1. The first-order chi connectivity index (χ1) is 11.1. The number of ether oxygens (including phenoxy) is 1. The van der Waals surface area contributed by atoms with E-state index < -0.39 is 0 Å². The van der Waals surface area contributed by atoms with E-state index >= 15 is 0 Å². The Bertz CT molecular complexity index is 741. The molecule has 1 aliphatic carbocycles. The first-order valence-corrected chi connectivity index (χ1v) is 7.71. The Labute approximate surface area is 143 Å². The van der Waals surface area contributed by atoms with Gasteiger partial charge in [0, 0.05) is 28.4 Å². The lowest BCUT2D eigenvalue weighted by Gasteiger charge is -2.10. The van der Waals surface area contributed by atoms with Crippen LogP contribution < -0.4 is 15.6 Å². The summed E-state index contributed by atoms with van der Waals surface area (Å²) in [6, 6.07) is 5.33. The molecule has 2 aromatic rings. The predicted molar refractivity (Wildman–Crippen MR) is 87.7 cm³/mol. The molecule has 0 bridgehead atoms. The molecule has 0 spiro atoms. The molecule has 1 aliphatic rings. The maximum absolute atomic E-state index is 12.2. The molecule has 0 radical (unpaired) electrons. The number of carbonyl (C=O) groups excluding carboxylic acids is 1. The molecule has 0 aliphatic heterocycles. The normalized spacial score (nSPS) is 19.1. The van der Waals surface area contributed by atoms with E-state index in [1.54, 1.807) is 12.1 Å². The smallest absolute Gasteiger partial charge is 0.258 e. The molecule has 3 rings (SSSR count). The van der Waals surface area contributed by atoms with Gasteiger partial charge >= 0.3 is 0 Å². The van der Waals surface area contributed by atoms with Gasteiger partial charge in [-0.3, -0.25) is 15.6 Å². The fourth-order valence-electron chi connectivity index (χ4n) is 2.40. The van der Waals surface area contributed by atoms with Crippen molar-refractivity contribution in [2.75, 3.05) is 12.5 Å². The largest absolute Gasteiger partial charge is 0.478 e. The predicted octanol–water partition coefficient (Wildman–Crippen LogP) is 3.04. The van der Waals surface area contributed by atoms with Crippen molar-refractivity contribution in [2.45, 2.75) is 12.3 Å². The number of amides is 1. The molecule has 1 aromatic heterocycles. The first-order valence-electron chi connectivity index (χ1n) is 6.96. The first kappa shape index (κ1) is 15.8. The third-order valence-corrected chi connectivity index (χ3v) is 4.21. The molecule has 1 amide bonds. The number of carbonyl (C=O) groups is 1. The molecule has 0 unspecified atom stereocenters. The summed E-state index contributed by atoms with van der Waals surface area (Å²) in [6.45, 7) is 0. The van der Waals surface area contributed by atoms with Crippen LogP contribution in [0.2, 0.25) is 10.0 Å². The molecule has 1 saturated carbocycles. The van der Waals surface area contributed by atoms with Gasteiger partial charge in [0.25, 0.3) is 5.88 Å². The van der Waals surface area contributed by atoms with Crippen LogP contribution in [0.5, 0.6) is 5.88 Å². The number of halogens is 2. The fourth-order valence-corrected chi connectivity index (χ4v) is 2.95. The molecule has 2 atom stereocenters. The number of nitrogens with zero attached hydrogens (tertiary/aromatic N) is 2. The average Bonchev–Trinajstić information content (AvgIpc) is 3.33. The summed E-state index contributed by atoms with van der Waals surface area (Å²) in [7, 11) is 1.48. The number of anilines is 1. The number of benzene rings is 1. The molecule has 1 fully saturated rings. The second kappa shape index (κ2) is 6.60. The number of rotatable bonds is 5. The van der Waals surface area contributed by atoms with E-state index in [1.165, 1.54) is 19.5 Å². The highest BCUT2D eigenvalue weighted by Gasteiger charge is 2.45. The van der Waals surface area contributed by atoms with E-state index in [0.717, 1.165) is 12.0 Å². The van der Waals surface area contributed by atoms with Crippen molar-refractivity contribution >= 4 is 34.9 Å². The fraction of sp³-hybridized carbons (Fsp3) is 0.267. The van der Waals surface area contributed by atoms with Crippen molar-refractivity contribution in [1.29, 1.82) is 0 Å². The molecule has 1 aromatic carbocycles. The number of methoxy groups -OCH3 is 1.